The maximum Gasteiger partial charge on any atom is 0.108 e. The molecule has 0 aromatic heterocycles. The third-order valence-electron chi connectivity index (χ3n) is 5.83. The average Bonchev–Trinajstić information content (AvgIpc) is 3.40. The largest absolute Gasteiger partial charge is 0.364 e. The molecular formula is C24H20Cl2N2. The highest BCUT2D eigenvalue weighted by molar-refractivity contribution is 6.35. The summed E-state index contributed by atoms with van der Waals surface area (Å²) in [5, 5.41) is 5.14. The van der Waals surface area contributed by atoms with Gasteiger partial charge in [0.25, 0.3) is 0 Å². The molecule has 0 saturated heterocycles. The fraction of sp³-hybridized carbons (Fsp3) is 0.208. The molecule has 2 unspecified atom stereocenters. The van der Waals surface area contributed by atoms with Crippen LogP contribution in [-0.2, 0) is 5.41 Å². The zero-order chi connectivity index (χ0) is 19.1. The molecule has 0 amide bonds. The molecule has 0 radical (unpaired) electrons. The van der Waals surface area contributed by atoms with Crippen LogP contribution in [0.15, 0.2) is 83.9 Å². The summed E-state index contributed by atoms with van der Waals surface area (Å²) < 4.78 is 0. The quantitative estimate of drug-likeness (QED) is 0.524. The van der Waals surface area contributed by atoms with Gasteiger partial charge in [-0.1, -0.05) is 89.9 Å². The van der Waals surface area contributed by atoms with Crippen molar-refractivity contribution in [2.45, 2.75) is 30.3 Å². The second-order valence-electron chi connectivity index (χ2n) is 7.57. The SMILES string of the molecule is Clc1ccc(C2(C3=NC(c4ccccc4)C(c4ccccc4)N3)CC2)c(Cl)c1. The Kier molecular flexibility index (Phi) is 4.41. The first-order valence-electron chi connectivity index (χ1n) is 9.58. The van der Waals surface area contributed by atoms with Gasteiger partial charge in [-0.3, -0.25) is 4.99 Å². The number of hydrogen-bond acceptors (Lipinski definition) is 2. The van der Waals surface area contributed by atoms with Crippen LogP contribution in [0.2, 0.25) is 10.0 Å². The van der Waals surface area contributed by atoms with E-state index in [2.05, 4.69) is 59.9 Å². The lowest BCUT2D eigenvalue weighted by atomic mass is 9.93. The minimum absolute atomic E-state index is 0.0437. The number of benzene rings is 3. The highest BCUT2D eigenvalue weighted by Gasteiger charge is 2.53. The maximum atomic E-state index is 6.57. The Morgan fingerprint density at radius 1 is 0.821 bits per heavy atom. The van der Waals surface area contributed by atoms with Gasteiger partial charge in [-0.25, -0.2) is 0 Å². The molecule has 2 aliphatic rings. The van der Waals surface area contributed by atoms with Crippen LogP contribution in [0, 0.1) is 0 Å². The van der Waals surface area contributed by atoms with Gasteiger partial charge in [-0.05, 0) is 41.7 Å². The van der Waals surface area contributed by atoms with E-state index < -0.39 is 0 Å². The molecule has 5 rings (SSSR count). The lowest BCUT2D eigenvalue weighted by Gasteiger charge is -2.22. The van der Waals surface area contributed by atoms with E-state index in [4.69, 9.17) is 28.2 Å². The number of amidine groups is 1. The average molecular weight is 407 g/mol. The van der Waals surface area contributed by atoms with Crippen molar-refractivity contribution in [3.63, 3.8) is 0 Å². The summed E-state index contributed by atoms with van der Waals surface area (Å²) in [5.74, 6) is 1.04. The Bertz CT molecular complexity index is 1030. The second kappa shape index (κ2) is 6.95. The van der Waals surface area contributed by atoms with Crippen molar-refractivity contribution in [2.24, 2.45) is 4.99 Å². The zero-order valence-electron chi connectivity index (χ0n) is 15.3. The minimum Gasteiger partial charge on any atom is -0.364 e. The predicted molar refractivity (Wildman–Crippen MR) is 116 cm³/mol. The standard InChI is InChI=1S/C24H20Cl2N2/c25-18-11-12-19(20(26)15-18)24(13-14-24)23-27-21(16-7-3-1-4-8-16)22(28-23)17-9-5-2-6-10-17/h1-12,15,21-22H,13-14H2,(H,27,28). The molecule has 1 saturated carbocycles. The van der Waals surface area contributed by atoms with Crippen molar-refractivity contribution in [1.82, 2.24) is 5.32 Å². The third-order valence-corrected chi connectivity index (χ3v) is 6.37. The molecule has 0 bridgehead atoms. The van der Waals surface area contributed by atoms with Crippen LogP contribution in [0.3, 0.4) is 0 Å². The molecule has 2 atom stereocenters. The number of halogens is 2. The van der Waals surface area contributed by atoms with E-state index in [0.29, 0.717) is 10.0 Å². The van der Waals surface area contributed by atoms with Gasteiger partial charge in [0.2, 0.25) is 0 Å². The Labute approximate surface area is 175 Å². The van der Waals surface area contributed by atoms with Gasteiger partial charge in [0, 0.05) is 10.0 Å². The van der Waals surface area contributed by atoms with Gasteiger partial charge in [0.1, 0.15) is 11.9 Å². The summed E-state index contributed by atoms with van der Waals surface area (Å²) in [7, 11) is 0. The highest BCUT2D eigenvalue weighted by Crippen LogP contribution is 2.54. The first kappa shape index (κ1) is 17.8. The Morgan fingerprint density at radius 3 is 2.07 bits per heavy atom. The summed E-state index contributed by atoms with van der Waals surface area (Å²) in [6.45, 7) is 0. The molecule has 1 aliphatic heterocycles. The molecule has 1 aliphatic carbocycles. The van der Waals surface area contributed by atoms with Gasteiger partial charge in [-0.2, -0.15) is 0 Å². The zero-order valence-corrected chi connectivity index (χ0v) is 16.8. The molecule has 2 nitrogen and oxygen atoms in total. The summed E-state index contributed by atoms with van der Waals surface area (Å²) >= 11 is 12.7. The normalized spacial score (nSPS) is 22.4. The molecule has 0 spiro atoms. The number of rotatable bonds is 4. The third kappa shape index (κ3) is 3.01. The smallest absolute Gasteiger partial charge is 0.108 e. The van der Waals surface area contributed by atoms with Crippen molar-refractivity contribution in [2.75, 3.05) is 0 Å². The topological polar surface area (TPSA) is 24.4 Å². The number of hydrogen-bond donors (Lipinski definition) is 1. The summed E-state index contributed by atoms with van der Waals surface area (Å²) in [6.07, 6.45) is 2.09. The van der Waals surface area contributed by atoms with Crippen LogP contribution < -0.4 is 5.32 Å². The maximum absolute atomic E-state index is 6.57. The first-order chi connectivity index (χ1) is 13.7. The Morgan fingerprint density at radius 2 is 1.46 bits per heavy atom. The highest BCUT2D eigenvalue weighted by atomic mass is 35.5. The molecule has 140 valence electrons. The van der Waals surface area contributed by atoms with Crippen LogP contribution in [0.1, 0.15) is 41.6 Å². The van der Waals surface area contributed by atoms with E-state index in [9.17, 15) is 0 Å². The monoisotopic (exact) mass is 406 g/mol. The lowest BCUT2D eigenvalue weighted by molar-refractivity contribution is 0.570. The molecule has 4 heteroatoms. The number of aliphatic imine (C=N–C) groups is 1. The van der Waals surface area contributed by atoms with E-state index in [1.165, 1.54) is 11.1 Å². The summed E-state index contributed by atoms with van der Waals surface area (Å²) in [5.41, 5.74) is 3.45. The summed E-state index contributed by atoms with van der Waals surface area (Å²) in [6, 6.07) is 27.0. The van der Waals surface area contributed by atoms with Crippen molar-refractivity contribution in [1.29, 1.82) is 0 Å². The van der Waals surface area contributed by atoms with Crippen molar-refractivity contribution < 1.29 is 0 Å². The van der Waals surface area contributed by atoms with Crippen LogP contribution in [0.25, 0.3) is 0 Å². The van der Waals surface area contributed by atoms with Crippen molar-refractivity contribution >= 4 is 29.0 Å². The molecule has 28 heavy (non-hydrogen) atoms. The van der Waals surface area contributed by atoms with Gasteiger partial charge in [0.15, 0.2) is 0 Å². The van der Waals surface area contributed by atoms with E-state index in [0.717, 1.165) is 24.2 Å². The molecule has 3 aromatic carbocycles. The fourth-order valence-corrected chi connectivity index (χ4v) is 4.81. The number of nitrogens with zero attached hydrogens (tertiary/aromatic N) is 1. The van der Waals surface area contributed by atoms with Crippen LogP contribution in [0.4, 0.5) is 0 Å². The fourth-order valence-electron chi connectivity index (χ4n) is 4.22. The van der Waals surface area contributed by atoms with Gasteiger partial charge in [0.05, 0.1) is 11.5 Å². The lowest BCUT2D eigenvalue weighted by Crippen LogP contribution is -2.33. The molecule has 1 fully saturated rings. The minimum atomic E-state index is -0.127. The van der Waals surface area contributed by atoms with Crippen LogP contribution >= 0.6 is 23.2 Å². The van der Waals surface area contributed by atoms with E-state index in [1.54, 1.807) is 0 Å². The number of nitrogens with one attached hydrogen (secondary N) is 1. The molecule has 1 N–H and O–H groups in total. The van der Waals surface area contributed by atoms with Crippen molar-refractivity contribution in [3.8, 4) is 0 Å². The van der Waals surface area contributed by atoms with E-state index >= 15 is 0 Å². The molecule has 3 aromatic rings. The predicted octanol–water partition coefficient (Wildman–Crippen LogP) is 6.51. The van der Waals surface area contributed by atoms with Crippen LogP contribution in [0.5, 0.6) is 0 Å². The van der Waals surface area contributed by atoms with Gasteiger partial charge < -0.3 is 5.32 Å². The van der Waals surface area contributed by atoms with Gasteiger partial charge >= 0.3 is 0 Å². The Hall–Kier alpha value is -2.29. The first-order valence-corrected chi connectivity index (χ1v) is 10.3. The van der Waals surface area contributed by atoms with Crippen LogP contribution in [-0.4, -0.2) is 5.84 Å². The molecular weight excluding hydrogens is 387 g/mol. The van der Waals surface area contributed by atoms with E-state index in [1.807, 2.05) is 24.3 Å². The van der Waals surface area contributed by atoms with Crippen molar-refractivity contribution in [3.05, 3.63) is 106 Å². The Balaban J connectivity index is 1.57. The van der Waals surface area contributed by atoms with Gasteiger partial charge in [-0.15, -0.1) is 0 Å². The second-order valence-corrected chi connectivity index (χ2v) is 8.42. The summed E-state index contributed by atoms with van der Waals surface area (Å²) in [4.78, 5) is 5.20. The van der Waals surface area contributed by atoms with E-state index in [-0.39, 0.29) is 17.5 Å². The molecule has 1 heterocycles.